The van der Waals surface area contributed by atoms with Gasteiger partial charge in [-0.15, -0.1) is 0 Å². The van der Waals surface area contributed by atoms with Crippen molar-refractivity contribution in [2.75, 3.05) is 10.8 Å². The van der Waals surface area contributed by atoms with Crippen LogP contribution in [0.5, 0.6) is 0 Å². The lowest BCUT2D eigenvalue weighted by Crippen LogP contribution is -2.32. The van der Waals surface area contributed by atoms with Crippen LogP contribution in [0.25, 0.3) is 11.1 Å². The van der Waals surface area contributed by atoms with Crippen LogP contribution in [0.1, 0.15) is 12.0 Å². The van der Waals surface area contributed by atoms with Gasteiger partial charge in [-0.2, -0.15) is 13.2 Å². The molecule has 0 aliphatic carbocycles. The molecule has 0 spiro atoms. The van der Waals surface area contributed by atoms with Gasteiger partial charge in [-0.25, -0.2) is 8.42 Å². The molecule has 3 rings (SSSR count). The van der Waals surface area contributed by atoms with Gasteiger partial charge in [0.05, 0.1) is 10.6 Å². The van der Waals surface area contributed by atoms with Crippen LogP contribution >= 0.6 is 0 Å². The van der Waals surface area contributed by atoms with Gasteiger partial charge in [-0.1, -0.05) is 66.1 Å². The third kappa shape index (κ3) is 5.89. The summed E-state index contributed by atoms with van der Waals surface area (Å²) < 4.78 is 64.6. The molecular weight excluding hydrogens is 423 g/mol. The molecule has 31 heavy (non-hydrogen) atoms. The number of halogens is 3. The first-order chi connectivity index (χ1) is 14.7. The quantitative estimate of drug-likeness (QED) is 0.451. The first-order valence-corrected chi connectivity index (χ1v) is 10.9. The van der Waals surface area contributed by atoms with Crippen molar-refractivity contribution < 1.29 is 21.6 Å². The largest absolute Gasteiger partial charge is 0.457 e. The monoisotopic (exact) mass is 443 g/mol. The van der Waals surface area contributed by atoms with Crippen LogP contribution in [0.2, 0.25) is 0 Å². The summed E-state index contributed by atoms with van der Waals surface area (Å²) in [6.07, 6.45) is -4.87. The van der Waals surface area contributed by atoms with Gasteiger partial charge in [-0.3, -0.25) is 4.31 Å². The van der Waals surface area contributed by atoms with Crippen molar-refractivity contribution in [3.05, 3.63) is 84.4 Å². The summed E-state index contributed by atoms with van der Waals surface area (Å²) in [7, 11) is -3.98. The van der Waals surface area contributed by atoms with Crippen LogP contribution in [0.15, 0.2) is 83.8 Å². The number of nitrogens with zero attached hydrogens (tertiary/aromatic N) is 1. The highest BCUT2D eigenvalue weighted by Crippen LogP contribution is 2.27. The van der Waals surface area contributed by atoms with E-state index in [9.17, 15) is 21.6 Å². The molecule has 0 saturated carbocycles. The number of alkyl halides is 3. The third-order valence-electron chi connectivity index (χ3n) is 4.54. The average Bonchev–Trinajstić information content (AvgIpc) is 2.74. The maximum atomic E-state index is 13.2. The van der Waals surface area contributed by atoms with Gasteiger partial charge in [-0.05, 0) is 42.3 Å². The lowest BCUT2D eigenvalue weighted by molar-refractivity contribution is -0.0697. The fourth-order valence-electron chi connectivity index (χ4n) is 3.00. The summed E-state index contributed by atoms with van der Waals surface area (Å²) in [5, 5.41) is 0. The fourth-order valence-corrected chi connectivity index (χ4v) is 4.46. The number of aryl methyl sites for hydroxylation is 1. The Labute approximate surface area is 180 Å². The second-order valence-electron chi connectivity index (χ2n) is 6.85. The van der Waals surface area contributed by atoms with Crippen molar-refractivity contribution >= 4 is 15.7 Å². The van der Waals surface area contributed by atoms with E-state index in [2.05, 4.69) is 0 Å². The lowest BCUT2D eigenvalue weighted by atomic mass is 10.1. The maximum Gasteiger partial charge on any atom is 0.457 e. The topological polar surface area (TPSA) is 37.4 Å². The van der Waals surface area contributed by atoms with Gasteiger partial charge in [0, 0.05) is 18.9 Å². The van der Waals surface area contributed by atoms with Crippen molar-refractivity contribution in [1.82, 2.24) is 0 Å². The average molecular weight is 443 g/mol. The summed E-state index contributed by atoms with van der Waals surface area (Å²) in [4.78, 5) is 0.0639. The normalized spacial score (nSPS) is 11.5. The lowest BCUT2D eigenvalue weighted by Gasteiger charge is -2.24. The third-order valence-corrected chi connectivity index (χ3v) is 6.38. The number of hydrogen-bond donors (Lipinski definition) is 0. The van der Waals surface area contributed by atoms with E-state index in [0.717, 1.165) is 21.0 Å². The highest BCUT2D eigenvalue weighted by molar-refractivity contribution is 7.92. The molecule has 0 heterocycles. The number of benzene rings is 3. The van der Waals surface area contributed by atoms with Gasteiger partial charge >= 0.3 is 6.18 Å². The molecule has 0 bridgehead atoms. The van der Waals surface area contributed by atoms with E-state index in [4.69, 9.17) is 0 Å². The first-order valence-electron chi connectivity index (χ1n) is 9.48. The molecule has 0 aliphatic rings. The molecule has 3 aromatic rings. The summed E-state index contributed by atoms with van der Waals surface area (Å²) in [6.45, 7) is 1.63. The molecule has 0 atom stereocenters. The predicted octanol–water partition coefficient (Wildman–Crippen LogP) is 5.81. The van der Waals surface area contributed by atoms with E-state index in [1.165, 1.54) is 18.1 Å². The van der Waals surface area contributed by atoms with Gasteiger partial charge in [0.15, 0.2) is 0 Å². The molecule has 3 aromatic carbocycles. The van der Waals surface area contributed by atoms with Crippen molar-refractivity contribution in [3.63, 3.8) is 0 Å². The Morgan fingerprint density at radius 3 is 2.00 bits per heavy atom. The van der Waals surface area contributed by atoms with Crippen LogP contribution in [-0.2, 0) is 10.0 Å². The highest BCUT2D eigenvalue weighted by atomic mass is 32.2. The SMILES string of the molecule is Cc1ccc(S(=O)(=O)N(CCC#CC(F)(F)F)c2ccc(-c3ccccc3)cc2)cc1. The smallest absolute Gasteiger partial charge is 0.265 e. The standard InChI is InChI=1S/C24H20F3NO2S/c1-19-9-15-23(16-10-19)31(29,30)28(18-6-5-17-24(25,26)27)22-13-11-21(12-14-22)20-7-3-2-4-8-20/h2-4,7-16H,6,18H2,1H3. The first kappa shape index (κ1) is 22.4. The molecule has 0 N–H and O–H groups in total. The van der Waals surface area contributed by atoms with E-state index in [-0.39, 0.29) is 17.9 Å². The van der Waals surface area contributed by atoms with Gasteiger partial charge in [0.25, 0.3) is 10.0 Å². The molecule has 0 aromatic heterocycles. The molecule has 0 radical (unpaired) electrons. The summed E-state index contributed by atoms with van der Waals surface area (Å²) in [6, 6.07) is 22.7. The Morgan fingerprint density at radius 2 is 1.42 bits per heavy atom. The Kier molecular flexibility index (Phi) is 6.71. The Bertz CT molecular complexity index is 1180. The van der Waals surface area contributed by atoms with Crippen LogP contribution < -0.4 is 4.31 Å². The molecule has 160 valence electrons. The van der Waals surface area contributed by atoms with E-state index in [0.29, 0.717) is 5.69 Å². The molecule has 0 unspecified atom stereocenters. The molecule has 0 aliphatic heterocycles. The zero-order chi connectivity index (χ0) is 22.5. The number of sulfonamides is 1. The Balaban J connectivity index is 1.95. The minimum atomic E-state index is -4.61. The van der Waals surface area contributed by atoms with Crippen molar-refractivity contribution in [1.29, 1.82) is 0 Å². The minimum Gasteiger partial charge on any atom is -0.265 e. The zero-order valence-electron chi connectivity index (χ0n) is 16.7. The summed E-state index contributed by atoms with van der Waals surface area (Å²) in [5.41, 5.74) is 3.12. The van der Waals surface area contributed by atoms with Gasteiger partial charge < -0.3 is 0 Å². The van der Waals surface area contributed by atoms with Crippen LogP contribution in [0.4, 0.5) is 18.9 Å². The van der Waals surface area contributed by atoms with E-state index < -0.39 is 16.2 Å². The van der Waals surface area contributed by atoms with E-state index in [1.807, 2.05) is 43.2 Å². The maximum absolute atomic E-state index is 13.2. The molecule has 3 nitrogen and oxygen atoms in total. The van der Waals surface area contributed by atoms with Gasteiger partial charge in [0.2, 0.25) is 0 Å². The Morgan fingerprint density at radius 1 is 0.839 bits per heavy atom. The molecule has 7 heteroatoms. The Hall–Kier alpha value is -3.24. The molecule has 0 fully saturated rings. The highest BCUT2D eigenvalue weighted by Gasteiger charge is 2.25. The summed E-state index contributed by atoms with van der Waals surface area (Å²) >= 11 is 0. The fraction of sp³-hybridized carbons (Fsp3) is 0.167. The summed E-state index contributed by atoms with van der Waals surface area (Å²) in [5.74, 6) is 3.20. The number of rotatable bonds is 6. The molecule has 0 saturated heterocycles. The van der Waals surface area contributed by atoms with Crippen LogP contribution in [-0.4, -0.2) is 21.1 Å². The van der Waals surface area contributed by atoms with Crippen molar-refractivity contribution in [3.8, 4) is 23.0 Å². The van der Waals surface area contributed by atoms with Gasteiger partial charge in [0.1, 0.15) is 0 Å². The van der Waals surface area contributed by atoms with Crippen molar-refractivity contribution in [2.45, 2.75) is 24.4 Å². The predicted molar refractivity (Wildman–Crippen MR) is 116 cm³/mol. The second kappa shape index (κ2) is 9.27. The minimum absolute atomic E-state index is 0.0639. The van der Waals surface area contributed by atoms with Crippen LogP contribution in [0, 0.1) is 18.8 Å². The van der Waals surface area contributed by atoms with Crippen molar-refractivity contribution in [2.24, 2.45) is 0 Å². The molecule has 0 amide bonds. The molecular formula is C24H20F3NO2S. The zero-order valence-corrected chi connectivity index (χ0v) is 17.5. The second-order valence-corrected chi connectivity index (χ2v) is 8.71. The number of hydrogen-bond acceptors (Lipinski definition) is 2. The number of anilines is 1. The van der Waals surface area contributed by atoms with E-state index >= 15 is 0 Å². The van der Waals surface area contributed by atoms with E-state index in [1.54, 1.807) is 36.4 Å². The van der Waals surface area contributed by atoms with Crippen LogP contribution in [0.3, 0.4) is 0 Å².